The number of amides is 1. The second kappa shape index (κ2) is 7.84. The number of hydrogen-bond donors (Lipinski definition) is 1. The van der Waals surface area contributed by atoms with Crippen LogP contribution in [0.2, 0.25) is 0 Å². The zero-order valence-electron chi connectivity index (χ0n) is 15.2. The fraction of sp³-hybridized carbons (Fsp3) is 0.500. The van der Waals surface area contributed by atoms with E-state index >= 15 is 0 Å². The van der Waals surface area contributed by atoms with E-state index in [1.807, 2.05) is 24.3 Å². The Morgan fingerprint density at radius 3 is 2.85 bits per heavy atom. The Bertz CT molecular complexity index is 728. The molecule has 6 heteroatoms. The van der Waals surface area contributed by atoms with Gasteiger partial charge in [-0.1, -0.05) is 23.8 Å². The highest BCUT2D eigenvalue weighted by atomic mass is 32.2. The van der Waals surface area contributed by atoms with E-state index in [-0.39, 0.29) is 18.4 Å². The Labute approximate surface area is 158 Å². The SMILES string of the molecule is CC(C)=CCSc1ccccc1C(=O)N1C[C@H]2COCC[C@@]2(C(=O)O)C1. The lowest BCUT2D eigenvalue weighted by molar-refractivity contribution is -0.157. The van der Waals surface area contributed by atoms with E-state index in [1.165, 1.54) is 5.57 Å². The zero-order valence-corrected chi connectivity index (χ0v) is 16.1. The zero-order chi connectivity index (χ0) is 18.7. The molecule has 0 unspecified atom stereocenters. The number of carbonyl (C=O) groups is 2. The van der Waals surface area contributed by atoms with Gasteiger partial charge in [-0.25, -0.2) is 0 Å². The summed E-state index contributed by atoms with van der Waals surface area (Å²) >= 11 is 1.63. The van der Waals surface area contributed by atoms with Crippen molar-refractivity contribution in [1.82, 2.24) is 4.90 Å². The van der Waals surface area contributed by atoms with Crippen LogP contribution in [0, 0.1) is 11.3 Å². The lowest BCUT2D eigenvalue weighted by Gasteiger charge is -2.33. The fourth-order valence-corrected chi connectivity index (χ4v) is 4.77. The van der Waals surface area contributed by atoms with Crippen molar-refractivity contribution in [3.8, 4) is 0 Å². The first-order valence-electron chi connectivity index (χ1n) is 8.89. The molecule has 0 spiro atoms. The van der Waals surface area contributed by atoms with Crippen molar-refractivity contribution in [2.24, 2.45) is 11.3 Å². The first kappa shape index (κ1) is 19.0. The van der Waals surface area contributed by atoms with E-state index < -0.39 is 11.4 Å². The summed E-state index contributed by atoms with van der Waals surface area (Å²) in [6.45, 7) is 5.67. The highest BCUT2D eigenvalue weighted by molar-refractivity contribution is 7.99. The highest BCUT2D eigenvalue weighted by Gasteiger charge is 2.55. The number of carboxylic acid groups (broad SMARTS) is 1. The molecule has 140 valence electrons. The number of nitrogens with zero attached hydrogens (tertiary/aromatic N) is 1. The Morgan fingerprint density at radius 1 is 1.38 bits per heavy atom. The molecule has 2 atom stereocenters. The van der Waals surface area contributed by atoms with Crippen LogP contribution < -0.4 is 0 Å². The van der Waals surface area contributed by atoms with Gasteiger partial charge in [0.05, 0.1) is 17.6 Å². The van der Waals surface area contributed by atoms with E-state index in [2.05, 4.69) is 19.9 Å². The molecular formula is C20H25NO4S. The van der Waals surface area contributed by atoms with Gasteiger partial charge < -0.3 is 14.7 Å². The molecule has 3 rings (SSSR count). The van der Waals surface area contributed by atoms with Crippen LogP contribution in [0.1, 0.15) is 30.6 Å². The third-order valence-corrected chi connectivity index (χ3v) is 6.27. The number of carbonyl (C=O) groups excluding carboxylic acids is 1. The molecule has 0 bridgehead atoms. The van der Waals surface area contributed by atoms with Gasteiger partial charge in [0.25, 0.3) is 5.91 Å². The second-order valence-corrected chi connectivity index (χ2v) is 8.32. The van der Waals surface area contributed by atoms with E-state index in [1.54, 1.807) is 16.7 Å². The van der Waals surface area contributed by atoms with Crippen molar-refractivity contribution in [3.05, 3.63) is 41.5 Å². The molecule has 2 heterocycles. The first-order valence-corrected chi connectivity index (χ1v) is 9.88. The summed E-state index contributed by atoms with van der Waals surface area (Å²) in [6, 6.07) is 7.57. The summed E-state index contributed by atoms with van der Waals surface area (Å²) in [7, 11) is 0. The van der Waals surface area contributed by atoms with E-state index in [0.717, 1.165) is 10.6 Å². The lowest BCUT2D eigenvalue weighted by Crippen LogP contribution is -2.45. The molecule has 0 aliphatic carbocycles. The van der Waals surface area contributed by atoms with Crippen LogP contribution in [-0.4, -0.2) is 53.9 Å². The van der Waals surface area contributed by atoms with Gasteiger partial charge in [-0.3, -0.25) is 9.59 Å². The van der Waals surface area contributed by atoms with Crippen LogP contribution in [-0.2, 0) is 9.53 Å². The monoisotopic (exact) mass is 375 g/mol. The van der Waals surface area contributed by atoms with Gasteiger partial charge in [0.2, 0.25) is 0 Å². The van der Waals surface area contributed by atoms with Crippen LogP contribution in [0.15, 0.2) is 40.8 Å². The van der Waals surface area contributed by atoms with Crippen molar-refractivity contribution in [3.63, 3.8) is 0 Å². The molecule has 2 fully saturated rings. The molecular weight excluding hydrogens is 350 g/mol. The number of benzene rings is 1. The van der Waals surface area contributed by atoms with Crippen LogP contribution in [0.25, 0.3) is 0 Å². The van der Waals surface area contributed by atoms with E-state index in [0.29, 0.717) is 31.7 Å². The fourth-order valence-electron chi connectivity index (χ4n) is 3.69. The minimum atomic E-state index is -0.863. The summed E-state index contributed by atoms with van der Waals surface area (Å²) in [5.74, 6) is -0.224. The molecule has 0 aromatic heterocycles. The van der Waals surface area contributed by atoms with Gasteiger partial charge in [0.15, 0.2) is 0 Å². The van der Waals surface area contributed by atoms with Gasteiger partial charge >= 0.3 is 5.97 Å². The quantitative estimate of drug-likeness (QED) is 0.632. The number of hydrogen-bond acceptors (Lipinski definition) is 4. The molecule has 2 aliphatic rings. The number of carboxylic acids is 1. The first-order chi connectivity index (χ1) is 12.4. The second-order valence-electron chi connectivity index (χ2n) is 7.26. The average molecular weight is 375 g/mol. The largest absolute Gasteiger partial charge is 0.481 e. The molecule has 26 heavy (non-hydrogen) atoms. The highest BCUT2D eigenvalue weighted by Crippen LogP contribution is 2.43. The number of ether oxygens (including phenoxy) is 1. The van der Waals surface area contributed by atoms with Crippen LogP contribution in [0.4, 0.5) is 0 Å². The third kappa shape index (κ3) is 3.67. The molecule has 2 aliphatic heterocycles. The molecule has 0 saturated carbocycles. The Balaban J connectivity index is 1.80. The summed E-state index contributed by atoms with van der Waals surface area (Å²) in [6.07, 6.45) is 2.60. The van der Waals surface area contributed by atoms with Crippen molar-refractivity contribution in [2.45, 2.75) is 25.2 Å². The maximum atomic E-state index is 13.1. The maximum absolute atomic E-state index is 13.1. The molecule has 0 radical (unpaired) electrons. The number of thioether (sulfide) groups is 1. The van der Waals surface area contributed by atoms with Gasteiger partial charge in [0.1, 0.15) is 0 Å². The summed E-state index contributed by atoms with van der Waals surface area (Å²) in [4.78, 5) is 27.7. The average Bonchev–Trinajstić information content (AvgIpc) is 3.02. The van der Waals surface area contributed by atoms with Crippen molar-refractivity contribution >= 4 is 23.6 Å². The van der Waals surface area contributed by atoms with Gasteiger partial charge in [-0.2, -0.15) is 0 Å². The summed E-state index contributed by atoms with van der Waals surface area (Å²) in [5, 5.41) is 9.79. The number of aliphatic carboxylic acids is 1. The standard InChI is InChI=1S/C20H25NO4S/c1-14(2)7-10-26-17-6-4-3-5-16(17)18(22)21-11-15-12-25-9-8-20(15,13-21)19(23)24/h3-7,15H,8-13H2,1-2H3,(H,23,24)/t15-,20+/m0/s1. The van der Waals surface area contributed by atoms with Gasteiger partial charge in [0, 0.05) is 36.3 Å². The van der Waals surface area contributed by atoms with Gasteiger partial charge in [-0.15, -0.1) is 11.8 Å². The molecule has 1 amide bonds. The molecule has 5 nitrogen and oxygen atoms in total. The summed E-state index contributed by atoms with van der Waals surface area (Å²) < 4.78 is 5.48. The number of fused-ring (bicyclic) bond motifs is 1. The Morgan fingerprint density at radius 2 is 2.15 bits per heavy atom. The maximum Gasteiger partial charge on any atom is 0.311 e. The topological polar surface area (TPSA) is 66.8 Å². The normalized spacial score (nSPS) is 24.8. The van der Waals surface area contributed by atoms with Crippen molar-refractivity contribution in [2.75, 3.05) is 32.1 Å². The predicted molar refractivity (Wildman–Crippen MR) is 101 cm³/mol. The van der Waals surface area contributed by atoms with Crippen molar-refractivity contribution in [1.29, 1.82) is 0 Å². The van der Waals surface area contributed by atoms with Gasteiger partial charge in [-0.05, 0) is 32.4 Å². The number of rotatable bonds is 5. The minimum absolute atomic E-state index is 0.0830. The molecule has 1 N–H and O–H groups in total. The Hall–Kier alpha value is -1.79. The van der Waals surface area contributed by atoms with Crippen LogP contribution >= 0.6 is 11.8 Å². The Kier molecular flexibility index (Phi) is 5.73. The van der Waals surface area contributed by atoms with Crippen LogP contribution in [0.3, 0.4) is 0 Å². The number of allylic oxidation sites excluding steroid dienone is 1. The van der Waals surface area contributed by atoms with E-state index in [4.69, 9.17) is 4.74 Å². The van der Waals surface area contributed by atoms with Crippen molar-refractivity contribution < 1.29 is 19.4 Å². The molecule has 1 aromatic rings. The molecule has 2 saturated heterocycles. The third-order valence-electron chi connectivity index (χ3n) is 5.27. The molecule has 1 aromatic carbocycles. The van der Waals surface area contributed by atoms with E-state index in [9.17, 15) is 14.7 Å². The minimum Gasteiger partial charge on any atom is -0.481 e. The number of likely N-dealkylation sites (tertiary alicyclic amines) is 1. The summed E-state index contributed by atoms with van der Waals surface area (Å²) in [5.41, 5.74) is 1.03. The van der Waals surface area contributed by atoms with Crippen LogP contribution in [0.5, 0.6) is 0 Å². The lowest BCUT2D eigenvalue weighted by atomic mass is 9.74. The smallest absolute Gasteiger partial charge is 0.311 e. The predicted octanol–water partition coefficient (Wildman–Crippen LogP) is 3.31.